The highest BCUT2D eigenvalue weighted by Gasteiger charge is 2.11. The quantitative estimate of drug-likeness (QED) is 0.409. The molecule has 0 atom stereocenters. The van der Waals surface area contributed by atoms with Crippen molar-refractivity contribution in [2.24, 2.45) is 10.2 Å². The lowest BCUT2D eigenvalue weighted by atomic mass is 10.3. The van der Waals surface area contributed by atoms with Crippen LogP contribution in [-0.2, 0) is 6.54 Å². The average molecular weight is 306 g/mol. The first-order valence-electron chi connectivity index (χ1n) is 5.78. The molecule has 0 aliphatic carbocycles. The molecule has 0 radical (unpaired) electrons. The Morgan fingerprint density at radius 3 is 3.00 bits per heavy atom. The van der Waals surface area contributed by atoms with E-state index < -0.39 is 4.92 Å². The number of nitrogens with zero attached hydrogens (tertiary/aromatic N) is 4. The Balaban J connectivity index is 1.73. The minimum atomic E-state index is -0.622. The molecule has 0 aliphatic heterocycles. The van der Waals surface area contributed by atoms with E-state index in [9.17, 15) is 14.5 Å². The van der Waals surface area contributed by atoms with Gasteiger partial charge in [-0.3, -0.25) is 10.1 Å². The Morgan fingerprint density at radius 2 is 2.24 bits per heavy atom. The molecular weight excluding hydrogens is 299 g/mol. The molecule has 9 heteroatoms. The lowest BCUT2D eigenvalue weighted by Crippen LogP contribution is -1.83. The monoisotopic (exact) mass is 306 g/mol. The molecule has 3 rings (SSSR count). The summed E-state index contributed by atoms with van der Waals surface area (Å²) in [6.45, 7) is 0.0676. The third kappa shape index (κ3) is 2.92. The molecule has 3 aromatic rings. The maximum atomic E-state index is 13.0. The van der Waals surface area contributed by atoms with Gasteiger partial charge in [-0.1, -0.05) is 11.3 Å². The van der Waals surface area contributed by atoms with Crippen LogP contribution in [0.2, 0.25) is 0 Å². The molecule has 0 saturated heterocycles. The Labute approximate surface area is 120 Å². The lowest BCUT2D eigenvalue weighted by Gasteiger charge is -1.86. The molecule has 2 heterocycles. The predicted octanol–water partition coefficient (Wildman–Crippen LogP) is 4.22. The van der Waals surface area contributed by atoms with Crippen molar-refractivity contribution >= 4 is 32.6 Å². The first-order valence-corrected chi connectivity index (χ1v) is 6.60. The lowest BCUT2D eigenvalue weighted by molar-refractivity contribution is -0.402. The zero-order valence-corrected chi connectivity index (χ0v) is 11.2. The SMILES string of the molecule is O=[N+]([O-])c1ccc(CN=Nc2nc3ccc(F)cc3s2)o1. The molecule has 1 aromatic carbocycles. The second kappa shape index (κ2) is 5.37. The topological polar surface area (TPSA) is 93.9 Å². The van der Waals surface area contributed by atoms with E-state index in [4.69, 9.17) is 4.42 Å². The molecule has 0 amide bonds. The van der Waals surface area contributed by atoms with Gasteiger partial charge >= 0.3 is 5.88 Å². The van der Waals surface area contributed by atoms with Gasteiger partial charge in [0.05, 0.1) is 16.3 Å². The van der Waals surface area contributed by atoms with E-state index in [1.807, 2.05) is 0 Å². The largest absolute Gasteiger partial charge is 0.433 e. The Morgan fingerprint density at radius 1 is 1.38 bits per heavy atom. The standard InChI is InChI=1S/C12H7FN4O3S/c13-7-1-3-9-10(5-7)21-12(15-9)16-14-6-8-2-4-11(20-8)17(18)19/h1-5H,6H2. The first kappa shape index (κ1) is 13.3. The van der Waals surface area contributed by atoms with E-state index in [1.165, 1.54) is 35.6 Å². The zero-order chi connectivity index (χ0) is 14.8. The molecule has 7 nitrogen and oxygen atoms in total. The number of rotatable bonds is 4. The molecule has 0 aliphatic rings. The number of azo groups is 1. The van der Waals surface area contributed by atoms with Gasteiger partial charge in [-0.05, 0) is 24.3 Å². The second-order valence-electron chi connectivity index (χ2n) is 4.01. The number of hydrogen-bond acceptors (Lipinski definition) is 7. The summed E-state index contributed by atoms with van der Waals surface area (Å²) >= 11 is 1.21. The fourth-order valence-corrected chi connectivity index (χ4v) is 2.47. The van der Waals surface area contributed by atoms with Gasteiger partial charge in [-0.2, -0.15) is 5.11 Å². The van der Waals surface area contributed by atoms with Gasteiger partial charge in [0.1, 0.15) is 23.0 Å². The highest BCUT2D eigenvalue weighted by molar-refractivity contribution is 7.21. The second-order valence-corrected chi connectivity index (χ2v) is 5.01. The maximum absolute atomic E-state index is 13.0. The van der Waals surface area contributed by atoms with Crippen molar-refractivity contribution in [1.82, 2.24) is 4.98 Å². The first-order chi connectivity index (χ1) is 10.1. The molecule has 0 spiro atoms. The summed E-state index contributed by atoms with van der Waals surface area (Å²) in [5.74, 6) is -0.342. The highest BCUT2D eigenvalue weighted by Crippen LogP contribution is 2.29. The van der Waals surface area contributed by atoms with Gasteiger partial charge in [0.15, 0.2) is 0 Å². The predicted molar refractivity (Wildman–Crippen MR) is 73.2 cm³/mol. The van der Waals surface area contributed by atoms with Crippen molar-refractivity contribution in [3.05, 3.63) is 52.0 Å². The third-order valence-corrected chi connectivity index (χ3v) is 3.45. The number of hydrogen-bond donors (Lipinski definition) is 0. The van der Waals surface area contributed by atoms with E-state index in [0.29, 0.717) is 21.1 Å². The van der Waals surface area contributed by atoms with E-state index in [1.54, 1.807) is 6.07 Å². The highest BCUT2D eigenvalue weighted by atomic mass is 32.1. The minimum absolute atomic E-state index is 0.0676. The Hall–Kier alpha value is -2.68. The fourth-order valence-electron chi connectivity index (χ4n) is 1.64. The third-order valence-electron chi connectivity index (χ3n) is 2.55. The van der Waals surface area contributed by atoms with Crippen LogP contribution in [0.1, 0.15) is 5.76 Å². The van der Waals surface area contributed by atoms with Crippen molar-refractivity contribution in [1.29, 1.82) is 0 Å². The Kier molecular flexibility index (Phi) is 3.40. The summed E-state index contributed by atoms with van der Waals surface area (Å²) < 4.78 is 18.7. The maximum Gasteiger partial charge on any atom is 0.433 e. The van der Waals surface area contributed by atoms with Crippen LogP contribution in [0.15, 0.2) is 45.0 Å². The van der Waals surface area contributed by atoms with E-state index >= 15 is 0 Å². The molecular formula is C12H7FN4O3S. The summed E-state index contributed by atoms with van der Waals surface area (Å²) in [7, 11) is 0. The number of aromatic nitrogens is 1. The van der Waals surface area contributed by atoms with Gasteiger partial charge in [-0.25, -0.2) is 9.37 Å². The fraction of sp³-hybridized carbons (Fsp3) is 0.0833. The van der Waals surface area contributed by atoms with Crippen molar-refractivity contribution < 1.29 is 13.7 Å². The van der Waals surface area contributed by atoms with Crippen LogP contribution in [0.3, 0.4) is 0 Å². The van der Waals surface area contributed by atoms with Crippen molar-refractivity contribution in [3.63, 3.8) is 0 Å². The van der Waals surface area contributed by atoms with Crippen molar-refractivity contribution in [2.45, 2.75) is 6.54 Å². The van der Waals surface area contributed by atoms with Gasteiger partial charge in [-0.15, -0.1) is 5.11 Å². The van der Waals surface area contributed by atoms with Gasteiger partial charge in [0, 0.05) is 0 Å². The van der Waals surface area contributed by atoms with Crippen LogP contribution >= 0.6 is 11.3 Å². The summed E-state index contributed by atoms with van der Waals surface area (Å²) in [5, 5.41) is 18.6. The molecule has 2 aromatic heterocycles. The van der Waals surface area contributed by atoms with E-state index in [-0.39, 0.29) is 18.2 Å². The summed E-state index contributed by atoms with van der Waals surface area (Å²) in [6, 6.07) is 6.99. The van der Waals surface area contributed by atoms with E-state index in [2.05, 4.69) is 15.2 Å². The van der Waals surface area contributed by atoms with Crippen molar-refractivity contribution in [2.75, 3.05) is 0 Å². The number of furan rings is 1. The van der Waals surface area contributed by atoms with Gasteiger partial charge in [0.25, 0.3) is 0 Å². The van der Waals surface area contributed by atoms with Gasteiger partial charge in [0.2, 0.25) is 5.13 Å². The van der Waals surface area contributed by atoms with Crippen LogP contribution < -0.4 is 0 Å². The number of fused-ring (bicyclic) bond motifs is 1. The molecule has 0 unspecified atom stereocenters. The molecule has 21 heavy (non-hydrogen) atoms. The van der Waals surface area contributed by atoms with Crippen LogP contribution in [-0.4, -0.2) is 9.91 Å². The summed E-state index contributed by atoms with van der Waals surface area (Å²) in [5.41, 5.74) is 0.643. The molecule has 0 fully saturated rings. The molecule has 0 bridgehead atoms. The zero-order valence-electron chi connectivity index (χ0n) is 10.4. The van der Waals surface area contributed by atoms with Crippen LogP contribution in [0.4, 0.5) is 15.4 Å². The smallest absolute Gasteiger partial charge is 0.404 e. The minimum Gasteiger partial charge on any atom is -0.404 e. The van der Waals surface area contributed by atoms with E-state index in [0.717, 1.165) is 0 Å². The van der Waals surface area contributed by atoms with Crippen LogP contribution in [0, 0.1) is 15.9 Å². The Bertz CT molecular complexity index is 842. The number of halogens is 1. The summed E-state index contributed by atoms with van der Waals surface area (Å²) in [4.78, 5) is 14.0. The number of thiazole rings is 1. The summed E-state index contributed by atoms with van der Waals surface area (Å²) in [6.07, 6.45) is 0. The normalized spacial score (nSPS) is 11.5. The molecule has 0 N–H and O–H groups in total. The van der Waals surface area contributed by atoms with Crippen LogP contribution in [0.5, 0.6) is 0 Å². The van der Waals surface area contributed by atoms with Crippen LogP contribution in [0.25, 0.3) is 10.2 Å². The molecule has 106 valence electrons. The molecule has 0 saturated carbocycles. The van der Waals surface area contributed by atoms with Crippen molar-refractivity contribution in [3.8, 4) is 0 Å². The van der Waals surface area contributed by atoms with Gasteiger partial charge < -0.3 is 4.42 Å². The number of nitro groups is 1. The average Bonchev–Trinajstić information content (AvgIpc) is 3.04. The number of benzene rings is 1.